The number of sulfonamides is 2. The van der Waals surface area contributed by atoms with Gasteiger partial charge in [0.25, 0.3) is 0 Å². The summed E-state index contributed by atoms with van der Waals surface area (Å²) in [7, 11) is -5.92. The molecule has 1 heterocycles. The van der Waals surface area contributed by atoms with Gasteiger partial charge in [-0.1, -0.05) is 0 Å². The van der Waals surface area contributed by atoms with Crippen LogP contribution in [0.2, 0.25) is 0 Å². The van der Waals surface area contributed by atoms with Gasteiger partial charge >= 0.3 is 0 Å². The van der Waals surface area contributed by atoms with Crippen LogP contribution < -0.4 is 14.8 Å². The zero-order valence-electron chi connectivity index (χ0n) is 13.0. The van der Waals surface area contributed by atoms with Crippen LogP contribution in [0.5, 0.6) is 0 Å². The Morgan fingerprint density at radius 1 is 1.09 bits per heavy atom. The molecule has 0 spiro atoms. The van der Waals surface area contributed by atoms with Gasteiger partial charge in [0.15, 0.2) is 0 Å². The summed E-state index contributed by atoms with van der Waals surface area (Å²) in [6.07, 6.45) is 1.48. The Kier molecular flexibility index (Phi) is 6.99. The Labute approximate surface area is 143 Å². The molecule has 1 aromatic rings. The van der Waals surface area contributed by atoms with E-state index in [1.807, 2.05) is 0 Å². The van der Waals surface area contributed by atoms with Gasteiger partial charge < -0.3 is 5.32 Å². The van der Waals surface area contributed by atoms with Gasteiger partial charge in [0, 0.05) is 6.04 Å². The fourth-order valence-electron chi connectivity index (χ4n) is 2.43. The highest BCUT2D eigenvalue weighted by Gasteiger charge is 2.23. The molecule has 7 nitrogen and oxygen atoms in total. The third-order valence-corrected chi connectivity index (χ3v) is 6.77. The Morgan fingerprint density at radius 3 is 2.22 bits per heavy atom. The summed E-state index contributed by atoms with van der Waals surface area (Å²) in [6, 6.07) is 3.93. The van der Waals surface area contributed by atoms with Crippen LogP contribution in [0.1, 0.15) is 18.4 Å². The summed E-state index contributed by atoms with van der Waals surface area (Å²) in [5, 5.41) is 3.17. The largest absolute Gasteiger partial charge is 0.317 e. The number of hydrogen-bond acceptors (Lipinski definition) is 5. The molecule has 132 valence electrons. The third-order valence-electron chi connectivity index (χ3n) is 3.68. The predicted octanol–water partition coefficient (Wildman–Crippen LogP) is 0.355. The maximum Gasteiger partial charge on any atom is 0.240 e. The van der Waals surface area contributed by atoms with Gasteiger partial charge in [-0.05, 0) is 63.7 Å². The molecule has 0 atom stereocenters. The summed E-state index contributed by atoms with van der Waals surface area (Å²) in [4.78, 5) is 0.161. The second kappa shape index (κ2) is 7.91. The standard InChI is InChI=1S/C13H21N3O4S2.ClH/c1-10-9-12(3-4-13(10)22(19,20)14-2)21(17,18)16-11-5-7-15-8-6-11;/h3-4,9,11,14-16H,5-8H2,1-2H3;1H. The molecule has 0 bridgehead atoms. The number of rotatable bonds is 5. The minimum Gasteiger partial charge on any atom is -0.317 e. The van der Waals surface area contributed by atoms with Crippen LogP contribution in [-0.4, -0.2) is 43.0 Å². The lowest BCUT2D eigenvalue weighted by molar-refractivity contribution is 0.427. The monoisotopic (exact) mass is 383 g/mol. The summed E-state index contributed by atoms with van der Waals surface area (Å²) in [6.45, 7) is 3.14. The van der Waals surface area contributed by atoms with E-state index in [1.165, 1.54) is 25.2 Å². The van der Waals surface area contributed by atoms with Gasteiger partial charge in [0.05, 0.1) is 9.79 Å². The number of aryl methyl sites for hydroxylation is 1. The molecule has 0 amide bonds. The number of piperidine rings is 1. The zero-order valence-corrected chi connectivity index (χ0v) is 15.4. The lowest BCUT2D eigenvalue weighted by Crippen LogP contribution is -2.42. The van der Waals surface area contributed by atoms with Gasteiger partial charge in [0.2, 0.25) is 20.0 Å². The molecular weight excluding hydrogens is 362 g/mol. The highest BCUT2D eigenvalue weighted by atomic mass is 35.5. The average Bonchev–Trinajstić information content (AvgIpc) is 2.47. The van der Waals surface area contributed by atoms with Crippen LogP contribution in [-0.2, 0) is 20.0 Å². The van der Waals surface area contributed by atoms with E-state index in [1.54, 1.807) is 6.92 Å². The van der Waals surface area contributed by atoms with E-state index < -0.39 is 20.0 Å². The van der Waals surface area contributed by atoms with Crippen molar-refractivity contribution >= 4 is 32.5 Å². The topological polar surface area (TPSA) is 104 Å². The van der Waals surface area contributed by atoms with Crippen molar-refractivity contribution in [3.05, 3.63) is 23.8 Å². The fraction of sp³-hybridized carbons (Fsp3) is 0.538. The molecule has 1 aromatic carbocycles. The average molecular weight is 384 g/mol. The molecular formula is C13H22ClN3O4S2. The van der Waals surface area contributed by atoms with Crippen LogP contribution in [0.3, 0.4) is 0 Å². The van der Waals surface area contributed by atoms with E-state index in [9.17, 15) is 16.8 Å². The van der Waals surface area contributed by atoms with Crippen molar-refractivity contribution in [3.8, 4) is 0 Å². The van der Waals surface area contributed by atoms with E-state index in [4.69, 9.17) is 0 Å². The van der Waals surface area contributed by atoms with Crippen molar-refractivity contribution in [2.45, 2.75) is 35.6 Å². The van der Waals surface area contributed by atoms with Crippen LogP contribution in [0, 0.1) is 6.92 Å². The maximum absolute atomic E-state index is 12.4. The highest BCUT2D eigenvalue weighted by molar-refractivity contribution is 7.90. The number of hydrogen-bond donors (Lipinski definition) is 3. The number of halogens is 1. The predicted molar refractivity (Wildman–Crippen MR) is 90.9 cm³/mol. The molecule has 0 unspecified atom stereocenters. The van der Waals surface area contributed by atoms with E-state index in [0.29, 0.717) is 5.56 Å². The second-order valence-electron chi connectivity index (χ2n) is 5.28. The SMILES string of the molecule is CNS(=O)(=O)c1ccc(S(=O)(=O)NC2CCNCC2)cc1C.Cl. The summed E-state index contributed by atoms with van der Waals surface area (Å²) in [5.41, 5.74) is 0.391. The molecule has 2 rings (SSSR count). The van der Waals surface area contributed by atoms with Gasteiger partial charge in [-0.25, -0.2) is 26.3 Å². The van der Waals surface area contributed by atoms with E-state index >= 15 is 0 Å². The Morgan fingerprint density at radius 2 is 1.70 bits per heavy atom. The smallest absolute Gasteiger partial charge is 0.240 e. The Balaban J connectivity index is 0.00000264. The lowest BCUT2D eigenvalue weighted by Gasteiger charge is -2.23. The molecule has 23 heavy (non-hydrogen) atoms. The van der Waals surface area contributed by atoms with Crippen molar-refractivity contribution in [3.63, 3.8) is 0 Å². The minimum atomic E-state index is -3.64. The molecule has 0 radical (unpaired) electrons. The fourth-order valence-corrected chi connectivity index (χ4v) is 4.77. The molecule has 1 saturated heterocycles. The summed E-state index contributed by atoms with van der Waals surface area (Å²) >= 11 is 0. The quantitative estimate of drug-likeness (QED) is 0.680. The lowest BCUT2D eigenvalue weighted by atomic mass is 10.1. The van der Waals surface area contributed by atoms with E-state index in [0.717, 1.165) is 25.9 Å². The molecule has 0 aliphatic carbocycles. The van der Waals surface area contributed by atoms with Gasteiger partial charge in [-0.3, -0.25) is 0 Å². The van der Waals surface area contributed by atoms with E-state index in [-0.39, 0.29) is 28.2 Å². The van der Waals surface area contributed by atoms with Crippen LogP contribution in [0.15, 0.2) is 28.0 Å². The molecule has 0 saturated carbocycles. The molecule has 10 heteroatoms. The number of nitrogens with one attached hydrogen (secondary N) is 3. The first-order valence-electron chi connectivity index (χ1n) is 7.03. The van der Waals surface area contributed by atoms with Crippen LogP contribution in [0.25, 0.3) is 0 Å². The van der Waals surface area contributed by atoms with Gasteiger partial charge in [-0.2, -0.15) is 0 Å². The Hall–Kier alpha value is -0.710. The maximum atomic E-state index is 12.4. The highest BCUT2D eigenvalue weighted by Crippen LogP contribution is 2.20. The summed E-state index contributed by atoms with van der Waals surface area (Å²) in [5.74, 6) is 0. The van der Waals surface area contributed by atoms with Crippen molar-refractivity contribution in [2.75, 3.05) is 20.1 Å². The van der Waals surface area contributed by atoms with Gasteiger partial charge in [0.1, 0.15) is 0 Å². The minimum absolute atomic E-state index is 0. The molecule has 0 aromatic heterocycles. The Bertz CT molecular complexity index is 744. The third kappa shape index (κ3) is 4.88. The molecule has 1 fully saturated rings. The van der Waals surface area contributed by atoms with Gasteiger partial charge in [-0.15, -0.1) is 12.4 Å². The second-order valence-corrected chi connectivity index (χ2v) is 8.85. The molecule has 1 aliphatic rings. The van der Waals surface area contributed by atoms with Crippen LogP contribution in [0.4, 0.5) is 0 Å². The van der Waals surface area contributed by atoms with Crippen molar-refractivity contribution in [1.82, 2.24) is 14.8 Å². The number of benzene rings is 1. The van der Waals surface area contributed by atoms with Crippen molar-refractivity contribution < 1.29 is 16.8 Å². The first kappa shape index (κ1) is 20.3. The molecule has 1 aliphatic heterocycles. The van der Waals surface area contributed by atoms with Crippen molar-refractivity contribution in [1.29, 1.82) is 0 Å². The van der Waals surface area contributed by atoms with Crippen molar-refractivity contribution in [2.24, 2.45) is 0 Å². The molecule has 3 N–H and O–H groups in total. The first-order valence-corrected chi connectivity index (χ1v) is 10.00. The zero-order chi connectivity index (χ0) is 16.4. The first-order chi connectivity index (χ1) is 10.3. The summed E-state index contributed by atoms with van der Waals surface area (Å²) < 4.78 is 53.3. The van der Waals surface area contributed by atoms with E-state index in [2.05, 4.69) is 14.8 Å². The normalized spacial score (nSPS) is 16.8. The van der Waals surface area contributed by atoms with Crippen LogP contribution >= 0.6 is 12.4 Å².